The Morgan fingerprint density at radius 3 is 2.57 bits per heavy atom. The molecule has 5 nitrogen and oxygen atoms in total. The first kappa shape index (κ1) is 13.1. The van der Waals surface area contributed by atoms with E-state index in [1.54, 1.807) is 6.07 Å². The highest BCUT2D eigenvalue weighted by molar-refractivity contribution is 6.03. The summed E-state index contributed by atoms with van der Waals surface area (Å²) in [5, 5.41) is 15.2. The first-order valence-corrected chi connectivity index (χ1v) is 6.37. The molecule has 104 valence electrons. The van der Waals surface area contributed by atoms with Crippen LogP contribution in [0.2, 0.25) is 0 Å². The highest BCUT2D eigenvalue weighted by Gasteiger charge is 2.19. The molecule has 3 aromatic rings. The fourth-order valence-electron chi connectivity index (χ4n) is 2.41. The van der Waals surface area contributed by atoms with Gasteiger partial charge >= 0.3 is 5.97 Å². The van der Waals surface area contributed by atoms with E-state index in [1.807, 2.05) is 36.4 Å². The molecule has 21 heavy (non-hydrogen) atoms. The number of aromatic nitrogens is 2. The Hall–Kier alpha value is -2.95. The number of carboxylic acid groups (broad SMARTS) is 1. The largest absolute Gasteiger partial charge is 0.477 e. The summed E-state index contributed by atoms with van der Waals surface area (Å²) in [7, 11) is 1.43. The van der Waals surface area contributed by atoms with Gasteiger partial charge in [-0.2, -0.15) is 5.10 Å². The van der Waals surface area contributed by atoms with Gasteiger partial charge in [0.15, 0.2) is 0 Å². The molecule has 0 aliphatic rings. The molecular formula is C16H12N2O3. The number of aryl methyl sites for hydroxylation is 1. The van der Waals surface area contributed by atoms with Crippen molar-refractivity contribution in [3.05, 3.63) is 64.6 Å². The maximum absolute atomic E-state index is 12.1. The van der Waals surface area contributed by atoms with Gasteiger partial charge in [0.2, 0.25) is 0 Å². The van der Waals surface area contributed by atoms with Crippen LogP contribution in [-0.2, 0) is 7.05 Å². The fraction of sp³-hybridized carbons (Fsp3) is 0.0625. The minimum Gasteiger partial charge on any atom is -0.477 e. The Balaban J connectivity index is 2.42. The number of nitrogens with zero attached hydrogens (tertiary/aromatic N) is 2. The van der Waals surface area contributed by atoms with Crippen molar-refractivity contribution in [2.45, 2.75) is 0 Å². The van der Waals surface area contributed by atoms with E-state index in [0.29, 0.717) is 11.1 Å². The van der Waals surface area contributed by atoms with E-state index in [-0.39, 0.29) is 5.56 Å². The normalized spacial score (nSPS) is 10.7. The van der Waals surface area contributed by atoms with Crippen LogP contribution in [0.5, 0.6) is 0 Å². The molecule has 0 radical (unpaired) electrons. The van der Waals surface area contributed by atoms with E-state index < -0.39 is 11.5 Å². The average molecular weight is 280 g/mol. The van der Waals surface area contributed by atoms with Crippen LogP contribution >= 0.6 is 0 Å². The highest BCUT2D eigenvalue weighted by atomic mass is 16.4. The van der Waals surface area contributed by atoms with Gasteiger partial charge in [-0.1, -0.05) is 42.5 Å². The van der Waals surface area contributed by atoms with Crippen LogP contribution in [0.3, 0.4) is 0 Å². The lowest BCUT2D eigenvalue weighted by atomic mass is 9.97. The number of fused-ring (bicyclic) bond motifs is 1. The topological polar surface area (TPSA) is 72.2 Å². The zero-order valence-electron chi connectivity index (χ0n) is 11.3. The molecule has 0 bridgehead atoms. The molecular weight excluding hydrogens is 268 g/mol. The second kappa shape index (κ2) is 4.86. The molecule has 0 aliphatic heterocycles. The third-order valence-corrected chi connectivity index (χ3v) is 3.43. The first-order valence-electron chi connectivity index (χ1n) is 6.37. The van der Waals surface area contributed by atoms with Crippen molar-refractivity contribution in [3.63, 3.8) is 0 Å². The summed E-state index contributed by atoms with van der Waals surface area (Å²) < 4.78 is 1.03. The number of carbonyl (C=O) groups is 1. The second-order valence-corrected chi connectivity index (χ2v) is 4.69. The first-order chi connectivity index (χ1) is 10.1. The standard InChI is InChI=1S/C16H12N2O3/c1-18-15(19)14(16(20)21)13(9-17-18)12-8-4-6-10-5-2-3-7-11(10)12/h2-9H,1H3,(H,20,21). The van der Waals surface area contributed by atoms with E-state index in [4.69, 9.17) is 0 Å². The summed E-state index contributed by atoms with van der Waals surface area (Å²) in [4.78, 5) is 23.5. The molecule has 1 heterocycles. The van der Waals surface area contributed by atoms with Crippen LogP contribution in [0, 0.1) is 0 Å². The van der Waals surface area contributed by atoms with Gasteiger partial charge in [0.05, 0.1) is 6.20 Å². The van der Waals surface area contributed by atoms with Crippen molar-refractivity contribution in [1.82, 2.24) is 9.78 Å². The Kier molecular flexibility index (Phi) is 3.02. The molecule has 1 N–H and O–H groups in total. The maximum atomic E-state index is 12.1. The summed E-state index contributed by atoms with van der Waals surface area (Å²) in [6.07, 6.45) is 1.42. The molecule has 0 saturated carbocycles. The summed E-state index contributed by atoms with van der Waals surface area (Å²) in [6, 6.07) is 13.2. The van der Waals surface area contributed by atoms with Gasteiger partial charge in [0, 0.05) is 12.6 Å². The van der Waals surface area contributed by atoms with Crippen molar-refractivity contribution in [3.8, 4) is 11.1 Å². The lowest BCUT2D eigenvalue weighted by molar-refractivity contribution is 0.0694. The lowest BCUT2D eigenvalue weighted by Crippen LogP contribution is -2.27. The van der Waals surface area contributed by atoms with Crippen molar-refractivity contribution in [2.75, 3.05) is 0 Å². The molecule has 0 amide bonds. The monoisotopic (exact) mass is 280 g/mol. The quantitative estimate of drug-likeness (QED) is 0.781. The third-order valence-electron chi connectivity index (χ3n) is 3.43. The zero-order chi connectivity index (χ0) is 15.0. The van der Waals surface area contributed by atoms with Gasteiger partial charge in [-0.15, -0.1) is 0 Å². The zero-order valence-corrected chi connectivity index (χ0v) is 11.3. The van der Waals surface area contributed by atoms with Gasteiger partial charge in [-0.25, -0.2) is 9.48 Å². The number of carboxylic acids is 1. The SMILES string of the molecule is Cn1ncc(-c2cccc3ccccc23)c(C(=O)O)c1=O. The molecule has 3 rings (SSSR count). The van der Waals surface area contributed by atoms with Crippen molar-refractivity contribution in [1.29, 1.82) is 0 Å². The lowest BCUT2D eigenvalue weighted by Gasteiger charge is -2.10. The van der Waals surface area contributed by atoms with E-state index in [9.17, 15) is 14.7 Å². The molecule has 0 fully saturated rings. The van der Waals surface area contributed by atoms with Crippen molar-refractivity contribution in [2.24, 2.45) is 7.05 Å². The predicted molar refractivity (Wildman–Crippen MR) is 79.4 cm³/mol. The van der Waals surface area contributed by atoms with E-state index in [2.05, 4.69) is 5.10 Å². The Bertz CT molecular complexity index is 908. The molecule has 1 aromatic heterocycles. The van der Waals surface area contributed by atoms with Gasteiger partial charge in [0.25, 0.3) is 5.56 Å². The number of benzene rings is 2. The third kappa shape index (κ3) is 2.08. The summed E-state index contributed by atoms with van der Waals surface area (Å²) in [5.41, 5.74) is 0.148. The van der Waals surface area contributed by atoms with Crippen LogP contribution in [0.15, 0.2) is 53.5 Å². The van der Waals surface area contributed by atoms with Crippen LogP contribution in [0.25, 0.3) is 21.9 Å². The summed E-state index contributed by atoms with van der Waals surface area (Å²) in [5.74, 6) is -1.25. The molecule has 0 aliphatic carbocycles. The highest BCUT2D eigenvalue weighted by Crippen LogP contribution is 2.29. The minimum atomic E-state index is -1.25. The molecule has 0 atom stereocenters. The molecule has 0 spiro atoms. The number of hydrogen-bond donors (Lipinski definition) is 1. The molecule has 0 unspecified atom stereocenters. The smallest absolute Gasteiger partial charge is 0.342 e. The van der Waals surface area contributed by atoms with Gasteiger partial charge in [-0.3, -0.25) is 4.79 Å². The predicted octanol–water partition coefficient (Wildman–Crippen LogP) is 2.30. The van der Waals surface area contributed by atoms with Crippen LogP contribution in [-0.4, -0.2) is 20.9 Å². The second-order valence-electron chi connectivity index (χ2n) is 4.69. The van der Waals surface area contributed by atoms with Crippen molar-refractivity contribution < 1.29 is 9.90 Å². The van der Waals surface area contributed by atoms with Crippen LogP contribution < -0.4 is 5.56 Å². The van der Waals surface area contributed by atoms with E-state index in [1.165, 1.54) is 13.2 Å². The fourth-order valence-corrected chi connectivity index (χ4v) is 2.41. The van der Waals surface area contributed by atoms with Gasteiger partial charge in [0.1, 0.15) is 5.56 Å². The maximum Gasteiger partial charge on any atom is 0.342 e. The molecule has 2 aromatic carbocycles. The van der Waals surface area contributed by atoms with Gasteiger partial charge < -0.3 is 5.11 Å². The van der Waals surface area contributed by atoms with E-state index in [0.717, 1.165) is 15.5 Å². The Morgan fingerprint density at radius 2 is 1.81 bits per heavy atom. The number of hydrogen-bond acceptors (Lipinski definition) is 3. The Morgan fingerprint density at radius 1 is 1.10 bits per heavy atom. The summed E-state index contributed by atoms with van der Waals surface area (Å²) >= 11 is 0. The number of aromatic carboxylic acids is 1. The van der Waals surface area contributed by atoms with Crippen molar-refractivity contribution >= 4 is 16.7 Å². The average Bonchev–Trinajstić information content (AvgIpc) is 2.49. The Labute approximate surface area is 120 Å². The molecule has 0 saturated heterocycles. The number of rotatable bonds is 2. The van der Waals surface area contributed by atoms with Gasteiger partial charge in [-0.05, 0) is 16.3 Å². The molecule has 5 heteroatoms. The minimum absolute atomic E-state index is 0.260. The van der Waals surface area contributed by atoms with Crippen LogP contribution in [0.4, 0.5) is 0 Å². The summed E-state index contributed by atoms with van der Waals surface area (Å²) in [6.45, 7) is 0. The van der Waals surface area contributed by atoms with Crippen LogP contribution in [0.1, 0.15) is 10.4 Å². The van der Waals surface area contributed by atoms with E-state index >= 15 is 0 Å².